The second-order valence-electron chi connectivity index (χ2n) is 10.3. The summed E-state index contributed by atoms with van der Waals surface area (Å²) in [5.41, 5.74) is 5.34. The van der Waals surface area contributed by atoms with Crippen molar-refractivity contribution in [3.05, 3.63) is 145 Å². The number of aryl methyl sites for hydroxylation is 1. The van der Waals surface area contributed by atoms with Crippen LogP contribution in [0.1, 0.15) is 11.1 Å². The molecule has 0 aliphatic carbocycles. The third-order valence-corrected chi connectivity index (χ3v) is 9.29. The molecule has 206 valence electrons. The van der Waals surface area contributed by atoms with E-state index in [1.165, 1.54) is 3.97 Å². The van der Waals surface area contributed by atoms with Gasteiger partial charge in [-0.2, -0.15) is 0 Å². The van der Waals surface area contributed by atoms with Gasteiger partial charge in [0, 0.05) is 22.1 Å². The second-order valence-corrected chi connectivity index (χ2v) is 12.1. The summed E-state index contributed by atoms with van der Waals surface area (Å²) in [5, 5.41) is 2.66. The van der Waals surface area contributed by atoms with E-state index in [4.69, 9.17) is 9.15 Å². The average Bonchev–Trinajstić information content (AvgIpc) is 3.67. The molecule has 2 heterocycles. The minimum atomic E-state index is -4.05. The Labute approximate surface area is 244 Å². The first-order valence-electron chi connectivity index (χ1n) is 13.7. The molecule has 0 spiro atoms. The summed E-state index contributed by atoms with van der Waals surface area (Å²) in [6, 6.07) is 38.3. The Morgan fingerprint density at radius 3 is 2.19 bits per heavy atom. The van der Waals surface area contributed by atoms with Crippen LogP contribution in [0, 0.1) is 6.92 Å². The van der Waals surface area contributed by atoms with Gasteiger partial charge in [0.25, 0.3) is 10.0 Å². The molecule has 6 heteroatoms. The van der Waals surface area contributed by atoms with Gasteiger partial charge in [0.05, 0.1) is 28.6 Å². The maximum Gasteiger partial charge on any atom is 0.268 e. The van der Waals surface area contributed by atoms with E-state index in [9.17, 15) is 8.42 Å². The maximum absolute atomic E-state index is 14.7. The van der Waals surface area contributed by atoms with E-state index in [0.717, 1.165) is 38.4 Å². The Balaban J connectivity index is 1.60. The zero-order chi connectivity index (χ0) is 28.7. The van der Waals surface area contributed by atoms with Crippen molar-refractivity contribution in [2.45, 2.75) is 18.4 Å². The number of rotatable bonds is 7. The Bertz CT molecular complexity index is 2140. The molecule has 0 N–H and O–H groups in total. The van der Waals surface area contributed by atoms with Crippen molar-refractivity contribution in [2.24, 2.45) is 0 Å². The first-order valence-corrected chi connectivity index (χ1v) is 15.1. The monoisotopic (exact) mass is 569 g/mol. The van der Waals surface area contributed by atoms with E-state index in [1.807, 2.05) is 116 Å². The van der Waals surface area contributed by atoms with Crippen molar-refractivity contribution in [3.63, 3.8) is 0 Å². The van der Waals surface area contributed by atoms with Crippen molar-refractivity contribution in [3.8, 4) is 28.1 Å². The molecule has 5 aromatic carbocycles. The molecule has 7 aromatic rings. The summed E-state index contributed by atoms with van der Waals surface area (Å²) in [4.78, 5) is 0.209. The number of para-hydroxylation sites is 1. The van der Waals surface area contributed by atoms with E-state index < -0.39 is 10.0 Å². The molecular formula is C36H27NO4S. The van der Waals surface area contributed by atoms with Gasteiger partial charge in [-0.25, -0.2) is 12.4 Å². The molecule has 5 nitrogen and oxygen atoms in total. The third-order valence-electron chi connectivity index (χ3n) is 7.57. The summed E-state index contributed by atoms with van der Waals surface area (Å²) < 4.78 is 42.8. The number of aromatic nitrogens is 1. The Morgan fingerprint density at radius 2 is 1.43 bits per heavy atom. The maximum atomic E-state index is 14.7. The van der Waals surface area contributed by atoms with Crippen LogP contribution < -0.4 is 4.74 Å². The first kappa shape index (κ1) is 25.9. The highest BCUT2D eigenvalue weighted by molar-refractivity contribution is 7.90. The number of furan rings is 1. The zero-order valence-electron chi connectivity index (χ0n) is 22.9. The molecule has 0 aliphatic heterocycles. The Kier molecular flexibility index (Phi) is 6.40. The number of nitrogens with zero attached hydrogens (tertiary/aromatic N) is 1. The highest BCUT2D eigenvalue weighted by atomic mass is 32.2. The number of benzene rings is 5. The third kappa shape index (κ3) is 4.37. The van der Waals surface area contributed by atoms with E-state index in [-0.39, 0.29) is 4.90 Å². The van der Waals surface area contributed by atoms with Crippen LogP contribution >= 0.6 is 0 Å². The summed E-state index contributed by atoms with van der Waals surface area (Å²) in [5.74, 6) is 0.588. The average molecular weight is 570 g/mol. The van der Waals surface area contributed by atoms with Crippen LogP contribution in [0.5, 0.6) is 5.75 Å². The van der Waals surface area contributed by atoms with Crippen molar-refractivity contribution >= 4 is 31.7 Å². The lowest BCUT2D eigenvalue weighted by atomic mass is 9.95. The lowest BCUT2D eigenvalue weighted by Gasteiger charge is -2.19. The van der Waals surface area contributed by atoms with Crippen LogP contribution in [-0.2, 0) is 16.6 Å². The fourth-order valence-corrected chi connectivity index (χ4v) is 7.09. The van der Waals surface area contributed by atoms with Crippen LogP contribution in [0.25, 0.3) is 44.1 Å². The molecule has 0 saturated heterocycles. The molecule has 0 amide bonds. The van der Waals surface area contributed by atoms with Crippen molar-refractivity contribution < 1.29 is 17.6 Å². The quantitative estimate of drug-likeness (QED) is 0.192. The van der Waals surface area contributed by atoms with Gasteiger partial charge >= 0.3 is 0 Å². The molecule has 0 atom stereocenters. The molecule has 42 heavy (non-hydrogen) atoms. The van der Waals surface area contributed by atoms with Gasteiger partial charge in [0.2, 0.25) is 0 Å². The normalized spacial score (nSPS) is 11.7. The van der Waals surface area contributed by atoms with Gasteiger partial charge < -0.3 is 9.15 Å². The van der Waals surface area contributed by atoms with Crippen molar-refractivity contribution in [1.82, 2.24) is 3.97 Å². The summed E-state index contributed by atoms with van der Waals surface area (Å²) >= 11 is 0. The molecular weight excluding hydrogens is 542 g/mol. The number of hydrogen-bond acceptors (Lipinski definition) is 4. The van der Waals surface area contributed by atoms with Gasteiger partial charge in [-0.15, -0.1) is 0 Å². The van der Waals surface area contributed by atoms with Crippen LogP contribution in [-0.4, -0.2) is 12.4 Å². The van der Waals surface area contributed by atoms with E-state index in [0.29, 0.717) is 29.1 Å². The SMILES string of the molecule is Cc1ccc(S(=O)(=O)n2c(-c3c(OCc4ccccc4)ccc4ccccc34)c(-c3ccoc3)c3ccccc32)cc1. The van der Waals surface area contributed by atoms with E-state index in [2.05, 4.69) is 0 Å². The molecule has 7 rings (SSSR count). The fourth-order valence-electron chi connectivity index (χ4n) is 5.55. The number of ether oxygens (including phenoxy) is 1. The summed E-state index contributed by atoms with van der Waals surface area (Å²) in [6.07, 6.45) is 3.26. The summed E-state index contributed by atoms with van der Waals surface area (Å²) in [6.45, 7) is 2.27. The first-order chi connectivity index (χ1) is 20.5. The van der Waals surface area contributed by atoms with E-state index >= 15 is 0 Å². The topological polar surface area (TPSA) is 61.4 Å². The predicted octanol–water partition coefficient (Wildman–Crippen LogP) is 8.85. The molecule has 0 aliphatic rings. The minimum Gasteiger partial charge on any atom is -0.488 e. The van der Waals surface area contributed by atoms with Gasteiger partial charge in [-0.3, -0.25) is 0 Å². The lowest BCUT2D eigenvalue weighted by Crippen LogP contribution is -2.15. The van der Waals surface area contributed by atoms with Crippen LogP contribution in [0.3, 0.4) is 0 Å². The number of hydrogen-bond donors (Lipinski definition) is 0. The molecule has 0 unspecified atom stereocenters. The molecule has 0 radical (unpaired) electrons. The summed E-state index contributed by atoms with van der Waals surface area (Å²) in [7, 11) is -4.05. The molecule has 2 aromatic heterocycles. The van der Waals surface area contributed by atoms with Gasteiger partial charge in [-0.05, 0) is 53.6 Å². The van der Waals surface area contributed by atoms with Gasteiger partial charge in [0.15, 0.2) is 0 Å². The largest absolute Gasteiger partial charge is 0.488 e. The number of fused-ring (bicyclic) bond motifs is 2. The highest BCUT2D eigenvalue weighted by Crippen LogP contribution is 2.48. The molecule has 0 bridgehead atoms. The second kappa shape index (κ2) is 10.4. The smallest absolute Gasteiger partial charge is 0.268 e. The fraction of sp³-hybridized carbons (Fsp3) is 0.0556. The standard InChI is InChI=1S/C36H27NO4S/c1-25-15-18-29(19-16-25)42(38,39)37-32-14-8-7-13-31(32)34(28-21-22-40-24-28)36(37)35-30-12-6-5-11-27(30)17-20-33(35)41-23-26-9-3-2-4-10-26/h2-22,24H,23H2,1H3. The zero-order valence-corrected chi connectivity index (χ0v) is 23.7. The van der Waals surface area contributed by atoms with Crippen LogP contribution in [0.15, 0.2) is 143 Å². The highest BCUT2D eigenvalue weighted by Gasteiger charge is 2.31. The molecule has 0 saturated carbocycles. The van der Waals surface area contributed by atoms with Gasteiger partial charge in [0.1, 0.15) is 12.4 Å². The van der Waals surface area contributed by atoms with Crippen LogP contribution in [0.2, 0.25) is 0 Å². The van der Waals surface area contributed by atoms with Crippen molar-refractivity contribution in [1.29, 1.82) is 0 Å². The lowest BCUT2D eigenvalue weighted by molar-refractivity contribution is 0.308. The Hall–Kier alpha value is -5.07. The molecule has 0 fully saturated rings. The Morgan fingerprint density at radius 1 is 0.714 bits per heavy atom. The van der Waals surface area contributed by atoms with Gasteiger partial charge in [-0.1, -0.05) is 96.6 Å². The predicted molar refractivity (Wildman–Crippen MR) is 167 cm³/mol. The van der Waals surface area contributed by atoms with E-state index in [1.54, 1.807) is 24.7 Å². The minimum absolute atomic E-state index is 0.209. The van der Waals surface area contributed by atoms with Crippen LogP contribution in [0.4, 0.5) is 0 Å². The van der Waals surface area contributed by atoms with Crippen molar-refractivity contribution in [2.75, 3.05) is 0 Å².